The van der Waals surface area contributed by atoms with E-state index in [2.05, 4.69) is 177 Å². The first-order valence-corrected chi connectivity index (χ1v) is 17.2. The van der Waals surface area contributed by atoms with Gasteiger partial charge in [-0.25, -0.2) is 0 Å². The van der Waals surface area contributed by atoms with Crippen molar-refractivity contribution in [1.29, 1.82) is 0 Å². The summed E-state index contributed by atoms with van der Waals surface area (Å²) < 4.78 is 8.57. The number of thiophene rings is 1. The Bertz CT molecular complexity index is 3000. The lowest BCUT2D eigenvalue weighted by molar-refractivity contribution is 1.15. The standard InChI is InChI=1S/C44H27N3S/c1-6-16-37-31(11-1)32-12-2-7-17-38(32)46(37)30-25-26-41-36(27-30)33-13-3-8-18-39(33)45(41)28-21-23-29(24-22-28)47-40-19-9-4-14-34(40)43-35-15-5-10-20-42(35)48-44(43)47/h1-27H. The predicted molar refractivity (Wildman–Crippen MR) is 205 cm³/mol. The summed E-state index contributed by atoms with van der Waals surface area (Å²) in [6, 6.07) is 59.8. The maximum absolute atomic E-state index is 2.43. The molecule has 0 aliphatic carbocycles. The Morgan fingerprint density at radius 3 is 1.35 bits per heavy atom. The fourth-order valence-electron chi connectivity index (χ4n) is 8.03. The van der Waals surface area contributed by atoms with Crippen molar-refractivity contribution in [3.05, 3.63) is 164 Å². The van der Waals surface area contributed by atoms with Crippen LogP contribution in [0.3, 0.4) is 0 Å². The lowest BCUT2D eigenvalue weighted by Crippen LogP contribution is -1.97. The molecule has 4 aromatic heterocycles. The maximum Gasteiger partial charge on any atom is 0.109 e. The minimum absolute atomic E-state index is 1.15. The summed E-state index contributed by atoms with van der Waals surface area (Å²) in [6.07, 6.45) is 0. The number of hydrogen-bond acceptors (Lipinski definition) is 1. The van der Waals surface area contributed by atoms with E-state index < -0.39 is 0 Å². The van der Waals surface area contributed by atoms with Crippen molar-refractivity contribution in [1.82, 2.24) is 13.7 Å². The van der Waals surface area contributed by atoms with Crippen molar-refractivity contribution in [2.75, 3.05) is 0 Å². The first-order chi connectivity index (χ1) is 23.8. The highest BCUT2D eigenvalue weighted by Crippen LogP contribution is 2.43. The molecule has 11 aromatic rings. The van der Waals surface area contributed by atoms with Crippen molar-refractivity contribution in [2.45, 2.75) is 0 Å². The smallest absolute Gasteiger partial charge is 0.109 e. The molecule has 11 rings (SSSR count). The van der Waals surface area contributed by atoms with E-state index in [0.29, 0.717) is 0 Å². The van der Waals surface area contributed by atoms with Crippen molar-refractivity contribution in [2.24, 2.45) is 0 Å². The van der Waals surface area contributed by atoms with Crippen LogP contribution in [-0.2, 0) is 0 Å². The molecule has 48 heavy (non-hydrogen) atoms. The third kappa shape index (κ3) is 3.47. The normalized spacial score (nSPS) is 12.2. The van der Waals surface area contributed by atoms with Crippen LogP contribution in [0.2, 0.25) is 0 Å². The molecular formula is C44H27N3S. The monoisotopic (exact) mass is 629 g/mol. The first kappa shape index (κ1) is 26.0. The summed E-state index contributed by atoms with van der Waals surface area (Å²) in [7, 11) is 0. The van der Waals surface area contributed by atoms with Crippen molar-refractivity contribution < 1.29 is 0 Å². The molecule has 0 radical (unpaired) electrons. The summed E-state index contributed by atoms with van der Waals surface area (Å²) in [6.45, 7) is 0. The van der Waals surface area contributed by atoms with Crippen LogP contribution in [0.1, 0.15) is 0 Å². The molecule has 0 unspecified atom stereocenters. The second kappa shape index (κ2) is 9.71. The van der Waals surface area contributed by atoms with Crippen LogP contribution < -0.4 is 0 Å². The third-order valence-electron chi connectivity index (χ3n) is 10.1. The van der Waals surface area contributed by atoms with Crippen LogP contribution in [0.4, 0.5) is 0 Å². The van der Waals surface area contributed by atoms with E-state index in [1.54, 1.807) is 0 Å². The average Bonchev–Trinajstić information content (AvgIpc) is 3.87. The summed E-state index contributed by atoms with van der Waals surface area (Å²) in [5.74, 6) is 0. The van der Waals surface area contributed by atoms with Crippen molar-refractivity contribution >= 4 is 86.2 Å². The van der Waals surface area contributed by atoms with Crippen LogP contribution >= 0.6 is 11.3 Å². The molecule has 0 saturated heterocycles. The third-order valence-corrected chi connectivity index (χ3v) is 11.2. The predicted octanol–water partition coefficient (Wildman–Crippen LogP) is 12.2. The largest absolute Gasteiger partial charge is 0.309 e. The lowest BCUT2D eigenvalue weighted by atomic mass is 10.1. The highest BCUT2D eigenvalue weighted by Gasteiger charge is 2.19. The number of para-hydroxylation sites is 4. The van der Waals surface area contributed by atoms with Gasteiger partial charge in [0.15, 0.2) is 0 Å². The van der Waals surface area contributed by atoms with Crippen LogP contribution in [-0.4, -0.2) is 13.7 Å². The molecule has 0 bridgehead atoms. The molecule has 4 heterocycles. The molecular weight excluding hydrogens is 603 g/mol. The number of nitrogens with zero attached hydrogens (tertiary/aromatic N) is 3. The summed E-state index contributed by atoms with van der Waals surface area (Å²) in [4.78, 5) is 1.29. The summed E-state index contributed by atoms with van der Waals surface area (Å²) >= 11 is 1.87. The van der Waals surface area contributed by atoms with Gasteiger partial charge in [0.25, 0.3) is 0 Å². The molecule has 4 heteroatoms. The van der Waals surface area contributed by atoms with Gasteiger partial charge in [-0.3, -0.25) is 0 Å². The quantitative estimate of drug-likeness (QED) is 0.185. The highest BCUT2D eigenvalue weighted by atomic mass is 32.1. The first-order valence-electron chi connectivity index (χ1n) is 16.4. The average molecular weight is 630 g/mol. The van der Waals surface area contributed by atoms with Gasteiger partial charge in [-0.2, -0.15) is 0 Å². The van der Waals surface area contributed by atoms with Gasteiger partial charge >= 0.3 is 0 Å². The van der Waals surface area contributed by atoms with Gasteiger partial charge in [0.05, 0.1) is 27.6 Å². The van der Waals surface area contributed by atoms with E-state index in [-0.39, 0.29) is 0 Å². The molecule has 0 saturated carbocycles. The second-order valence-electron chi connectivity index (χ2n) is 12.6. The second-order valence-corrected chi connectivity index (χ2v) is 13.6. The zero-order chi connectivity index (χ0) is 31.3. The lowest BCUT2D eigenvalue weighted by Gasteiger charge is -2.12. The summed E-state index contributed by atoms with van der Waals surface area (Å²) in [5, 5.41) is 9.03. The zero-order valence-electron chi connectivity index (χ0n) is 25.8. The number of fused-ring (bicyclic) bond motifs is 11. The van der Waals surface area contributed by atoms with Crippen LogP contribution in [0.15, 0.2) is 164 Å². The van der Waals surface area contributed by atoms with E-state index in [0.717, 1.165) is 5.69 Å². The van der Waals surface area contributed by atoms with E-state index in [9.17, 15) is 0 Å². The fraction of sp³-hybridized carbons (Fsp3) is 0. The Labute approximate surface area is 279 Å². The van der Waals surface area contributed by atoms with E-state index >= 15 is 0 Å². The van der Waals surface area contributed by atoms with Gasteiger partial charge in [-0.05, 0) is 72.8 Å². The van der Waals surface area contributed by atoms with Gasteiger partial charge in [-0.15, -0.1) is 11.3 Å². The summed E-state index contributed by atoms with van der Waals surface area (Å²) in [5.41, 5.74) is 9.59. The van der Waals surface area contributed by atoms with Crippen molar-refractivity contribution in [3.63, 3.8) is 0 Å². The van der Waals surface area contributed by atoms with Crippen LogP contribution in [0, 0.1) is 0 Å². The number of aromatic nitrogens is 3. The molecule has 7 aromatic carbocycles. The van der Waals surface area contributed by atoms with E-state index in [1.807, 2.05) is 11.3 Å². The number of rotatable bonds is 3. The highest BCUT2D eigenvalue weighted by molar-refractivity contribution is 7.25. The molecule has 0 amide bonds. The Morgan fingerprint density at radius 1 is 0.312 bits per heavy atom. The maximum atomic E-state index is 2.43. The minimum atomic E-state index is 1.15. The Balaban J connectivity index is 1.10. The molecule has 3 nitrogen and oxygen atoms in total. The zero-order valence-corrected chi connectivity index (χ0v) is 26.7. The Morgan fingerprint density at radius 2 is 0.729 bits per heavy atom. The molecule has 0 atom stereocenters. The van der Waals surface area contributed by atoms with Gasteiger partial charge in [0.2, 0.25) is 0 Å². The SMILES string of the molecule is c1ccc2c(c1)sc1c2c2ccccc2n1-c1ccc(-n2c3ccccc3c3cc(-n4c5ccccc5c5ccccc54)ccc32)cc1. The Kier molecular flexibility index (Phi) is 5.26. The molecule has 0 fully saturated rings. The molecule has 0 aliphatic rings. The Hall–Kier alpha value is -6.10. The number of benzene rings is 7. The topological polar surface area (TPSA) is 14.8 Å². The van der Waals surface area contributed by atoms with Gasteiger partial charge in [0.1, 0.15) is 4.83 Å². The molecule has 0 N–H and O–H groups in total. The fourth-order valence-corrected chi connectivity index (χ4v) is 9.28. The molecule has 0 spiro atoms. The van der Waals surface area contributed by atoms with Gasteiger partial charge in [-0.1, -0.05) is 91.0 Å². The van der Waals surface area contributed by atoms with E-state index in [4.69, 9.17) is 0 Å². The van der Waals surface area contributed by atoms with Gasteiger partial charge in [0, 0.05) is 59.5 Å². The van der Waals surface area contributed by atoms with E-state index in [1.165, 1.54) is 86.2 Å². The van der Waals surface area contributed by atoms with Gasteiger partial charge < -0.3 is 13.7 Å². The van der Waals surface area contributed by atoms with Crippen LogP contribution in [0.5, 0.6) is 0 Å². The van der Waals surface area contributed by atoms with Crippen molar-refractivity contribution in [3.8, 4) is 17.1 Å². The molecule has 0 aliphatic heterocycles. The minimum Gasteiger partial charge on any atom is -0.309 e. The molecule has 224 valence electrons. The van der Waals surface area contributed by atoms with Crippen LogP contribution in [0.25, 0.3) is 91.9 Å². The number of hydrogen-bond donors (Lipinski definition) is 0.